The third kappa shape index (κ3) is 2.68. The standard InChI is InChI=1S/C18H18N2O5/c1-20(2)8-7-19-9-3-4-10(21)14-13(9)17(24)15-11(22)5-6-12(23)16(15)18(14)25/h3-6,19,21-23H,7-8H2,1-2H3. The molecule has 3 rings (SSSR count). The number of ketones is 2. The van der Waals surface area contributed by atoms with Gasteiger partial charge in [0, 0.05) is 18.8 Å². The summed E-state index contributed by atoms with van der Waals surface area (Å²) in [5.74, 6) is -2.48. The van der Waals surface area contributed by atoms with Crippen molar-refractivity contribution in [3.8, 4) is 17.2 Å². The highest BCUT2D eigenvalue weighted by molar-refractivity contribution is 6.32. The molecule has 7 nitrogen and oxygen atoms in total. The number of carbonyl (C=O) groups is 2. The van der Waals surface area contributed by atoms with E-state index in [9.17, 15) is 24.9 Å². The van der Waals surface area contributed by atoms with Gasteiger partial charge in [0.2, 0.25) is 11.6 Å². The van der Waals surface area contributed by atoms with E-state index in [2.05, 4.69) is 5.32 Å². The van der Waals surface area contributed by atoms with Crippen LogP contribution in [0.5, 0.6) is 17.2 Å². The second-order valence-electron chi connectivity index (χ2n) is 6.12. The molecule has 2 aromatic carbocycles. The SMILES string of the molecule is CN(C)CCNc1ccc(O)c2c1C(=O)c1c(O)ccc(O)c1C2=O. The Morgan fingerprint density at radius 1 is 0.800 bits per heavy atom. The molecule has 2 aromatic rings. The topological polar surface area (TPSA) is 110 Å². The van der Waals surface area contributed by atoms with Crippen LogP contribution >= 0.6 is 0 Å². The first-order valence-corrected chi connectivity index (χ1v) is 7.71. The number of nitrogens with one attached hydrogen (secondary N) is 1. The molecule has 0 saturated carbocycles. The van der Waals surface area contributed by atoms with Gasteiger partial charge in [0.25, 0.3) is 0 Å². The molecule has 0 atom stereocenters. The van der Waals surface area contributed by atoms with Gasteiger partial charge in [-0.25, -0.2) is 0 Å². The molecule has 1 aliphatic rings. The van der Waals surface area contributed by atoms with Crippen molar-refractivity contribution in [3.05, 3.63) is 46.5 Å². The monoisotopic (exact) mass is 342 g/mol. The van der Waals surface area contributed by atoms with Gasteiger partial charge in [0.05, 0.1) is 22.3 Å². The first-order chi connectivity index (χ1) is 11.8. The van der Waals surface area contributed by atoms with E-state index >= 15 is 0 Å². The van der Waals surface area contributed by atoms with Gasteiger partial charge >= 0.3 is 0 Å². The van der Waals surface area contributed by atoms with Gasteiger partial charge in [-0.2, -0.15) is 0 Å². The van der Waals surface area contributed by atoms with Gasteiger partial charge < -0.3 is 25.5 Å². The zero-order chi connectivity index (χ0) is 18.3. The molecule has 0 spiro atoms. The quantitative estimate of drug-likeness (QED) is 0.533. The molecule has 0 amide bonds. The molecular weight excluding hydrogens is 324 g/mol. The van der Waals surface area contributed by atoms with Crippen molar-refractivity contribution in [2.45, 2.75) is 0 Å². The van der Waals surface area contributed by atoms with E-state index in [1.54, 1.807) is 0 Å². The minimum Gasteiger partial charge on any atom is -0.507 e. The second kappa shape index (κ2) is 6.10. The van der Waals surface area contributed by atoms with Crippen molar-refractivity contribution in [1.82, 2.24) is 4.90 Å². The zero-order valence-corrected chi connectivity index (χ0v) is 13.8. The van der Waals surface area contributed by atoms with E-state index < -0.39 is 17.3 Å². The number of benzene rings is 2. The largest absolute Gasteiger partial charge is 0.507 e. The smallest absolute Gasteiger partial charge is 0.202 e. The highest BCUT2D eigenvalue weighted by Gasteiger charge is 2.37. The van der Waals surface area contributed by atoms with Crippen molar-refractivity contribution < 1.29 is 24.9 Å². The van der Waals surface area contributed by atoms with Crippen molar-refractivity contribution in [2.24, 2.45) is 0 Å². The summed E-state index contributed by atoms with van der Waals surface area (Å²) >= 11 is 0. The van der Waals surface area contributed by atoms with Crippen LogP contribution in [0.1, 0.15) is 31.8 Å². The fraction of sp³-hybridized carbons (Fsp3) is 0.222. The third-order valence-electron chi connectivity index (χ3n) is 4.13. The van der Waals surface area contributed by atoms with Crippen LogP contribution in [-0.4, -0.2) is 59.0 Å². The summed E-state index contributed by atoms with van der Waals surface area (Å²) in [4.78, 5) is 27.6. The lowest BCUT2D eigenvalue weighted by Crippen LogP contribution is -2.25. The van der Waals surface area contributed by atoms with E-state index in [1.165, 1.54) is 12.1 Å². The molecule has 0 heterocycles. The Morgan fingerprint density at radius 2 is 1.24 bits per heavy atom. The van der Waals surface area contributed by atoms with Crippen LogP contribution in [-0.2, 0) is 0 Å². The fourth-order valence-electron chi connectivity index (χ4n) is 2.91. The van der Waals surface area contributed by atoms with Gasteiger partial charge in [0.15, 0.2) is 0 Å². The minimum absolute atomic E-state index is 0.00263. The summed E-state index contributed by atoms with van der Waals surface area (Å²) in [6, 6.07) is 5.14. The fourth-order valence-corrected chi connectivity index (χ4v) is 2.91. The summed E-state index contributed by atoms with van der Waals surface area (Å²) < 4.78 is 0. The Balaban J connectivity index is 2.16. The van der Waals surface area contributed by atoms with Crippen LogP contribution in [0.2, 0.25) is 0 Å². The maximum absolute atomic E-state index is 12.9. The third-order valence-corrected chi connectivity index (χ3v) is 4.13. The summed E-state index contributed by atoms with van der Waals surface area (Å²) in [6.45, 7) is 1.21. The molecule has 0 aromatic heterocycles. The maximum atomic E-state index is 12.9. The summed E-state index contributed by atoms with van der Waals surface area (Å²) in [5, 5.41) is 33.2. The van der Waals surface area contributed by atoms with Crippen molar-refractivity contribution in [1.29, 1.82) is 0 Å². The van der Waals surface area contributed by atoms with Gasteiger partial charge in [-0.3, -0.25) is 9.59 Å². The molecule has 0 bridgehead atoms. The Labute approximate surface area is 144 Å². The van der Waals surface area contributed by atoms with Crippen LogP contribution in [0, 0.1) is 0 Å². The maximum Gasteiger partial charge on any atom is 0.202 e. The number of carbonyl (C=O) groups excluding carboxylic acids is 2. The minimum atomic E-state index is -0.702. The average Bonchev–Trinajstić information content (AvgIpc) is 2.55. The van der Waals surface area contributed by atoms with Crippen LogP contribution < -0.4 is 5.32 Å². The Morgan fingerprint density at radius 3 is 1.76 bits per heavy atom. The molecule has 0 radical (unpaired) electrons. The highest BCUT2D eigenvalue weighted by Crippen LogP contribution is 2.42. The number of likely N-dealkylation sites (N-methyl/N-ethyl adjacent to an activating group) is 1. The van der Waals surface area contributed by atoms with Crippen molar-refractivity contribution >= 4 is 17.3 Å². The molecule has 0 aliphatic heterocycles. The molecule has 1 aliphatic carbocycles. The zero-order valence-electron chi connectivity index (χ0n) is 13.8. The second-order valence-corrected chi connectivity index (χ2v) is 6.12. The van der Waals surface area contributed by atoms with Gasteiger partial charge in [-0.1, -0.05) is 0 Å². The summed E-state index contributed by atoms with van der Waals surface area (Å²) in [5.41, 5.74) is -0.330. The Kier molecular flexibility index (Phi) is 4.10. The lowest BCUT2D eigenvalue weighted by Gasteiger charge is -2.23. The number of phenolic OH excluding ortho intramolecular Hbond substituents is 3. The van der Waals surface area contributed by atoms with Crippen LogP contribution in [0.4, 0.5) is 5.69 Å². The first-order valence-electron chi connectivity index (χ1n) is 7.71. The van der Waals surface area contributed by atoms with Gasteiger partial charge in [-0.05, 0) is 38.4 Å². The molecule has 0 fully saturated rings. The lowest BCUT2D eigenvalue weighted by molar-refractivity contribution is 0.0972. The Bertz CT molecular complexity index is 890. The number of hydrogen-bond acceptors (Lipinski definition) is 7. The first kappa shape index (κ1) is 16.8. The van der Waals surface area contributed by atoms with Crippen LogP contribution in [0.15, 0.2) is 24.3 Å². The molecule has 7 heteroatoms. The normalized spacial score (nSPS) is 12.9. The molecule has 0 unspecified atom stereocenters. The van der Waals surface area contributed by atoms with Crippen LogP contribution in [0.3, 0.4) is 0 Å². The van der Waals surface area contributed by atoms with Crippen LogP contribution in [0.25, 0.3) is 0 Å². The number of nitrogens with zero attached hydrogens (tertiary/aromatic N) is 1. The molecule has 25 heavy (non-hydrogen) atoms. The number of aromatic hydroxyl groups is 3. The predicted molar refractivity (Wildman–Crippen MR) is 91.8 cm³/mol. The van der Waals surface area contributed by atoms with E-state index in [0.717, 1.165) is 12.1 Å². The van der Waals surface area contributed by atoms with E-state index in [1.807, 2.05) is 19.0 Å². The van der Waals surface area contributed by atoms with E-state index in [-0.39, 0.29) is 33.8 Å². The lowest BCUT2D eigenvalue weighted by atomic mass is 9.81. The summed E-state index contributed by atoms with van der Waals surface area (Å²) in [7, 11) is 3.80. The predicted octanol–water partition coefficient (Wildman–Crippen LogP) is 1.55. The molecular formula is C18H18N2O5. The van der Waals surface area contributed by atoms with Gasteiger partial charge in [0.1, 0.15) is 17.2 Å². The number of rotatable bonds is 4. The van der Waals surface area contributed by atoms with Crippen molar-refractivity contribution in [2.75, 3.05) is 32.5 Å². The van der Waals surface area contributed by atoms with Gasteiger partial charge in [-0.15, -0.1) is 0 Å². The average molecular weight is 342 g/mol. The number of fused-ring (bicyclic) bond motifs is 2. The van der Waals surface area contributed by atoms with Crippen molar-refractivity contribution in [3.63, 3.8) is 0 Å². The van der Waals surface area contributed by atoms with E-state index in [4.69, 9.17) is 0 Å². The molecule has 0 saturated heterocycles. The Hall–Kier alpha value is -3.06. The summed E-state index contributed by atoms with van der Waals surface area (Å²) in [6.07, 6.45) is 0. The number of hydrogen-bond donors (Lipinski definition) is 4. The number of anilines is 1. The van der Waals surface area contributed by atoms with E-state index in [0.29, 0.717) is 18.8 Å². The molecule has 130 valence electrons. The number of phenols is 3. The highest BCUT2D eigenvalue weighted by atomic mass is 16.3. The molecule has 4 N–H and O–H groups in total.